The Morgan fingerprint density at radius 1 is 1.47 bits per heavy atom. The van der Waals surface area contributed by atoms with Gasteiger partial charge in [-0.15, -0.1) is 0 Å². The first kappa shape index (κ1) is 12.5. The van der Waals surface area contributed by atoms with Crippen LogP contribution >= 0.6 is 0 Å². The third kappa shape index (κ3) is 4.65. The van der Waals surface area contributed by atoms with Crippen LogP contribution in [-0.2, 0) is 4.79 Å². The van der Waals surface area contributed by atoms with E-state index in [1.165, 1.54) is 25.8 Å². The van der Waals surface area contributed by atoms with Crippen molar-refractivity contribution in [2.24, 2.45) is 5.92 Å². The second kappa shape index (κ2) is 6.11. The molecule has 0 aromatic rings. The van der Waals surface area contributed by atoms with E-state index in [2.05, 4.69) is 24.2 Å². The molecule has 1 aliphatic rings. The van der Waals surface area contributed by atoms with Gasteiger partial charge < -0.3 is 10.2 Å². The summed E-state index contributed by atoms with van der Waals surface area (Å²) >= 11 is 0. The van der Waals surface area contributed by atoms with Crippen molar-refractivity contribution < 1.29 is 4.79 Å². The van der Waals surface area contributed by atoms with Gasteiger partial charge in [-0.05, 0) is 25.8 Å². The molecule has 3 heteroatoms. The van der Waals surface area contributed by atoms with Crippen molar-refractivity contribution in [2.45, 2.75) is 45.6 Å². The van der Waals surface area contributed by atoms with Crippen LogP contribution in [0.4, 0.5) is 0 Å². The van der Waals surface area contributed by atoms with E-state index < -0.39 is 0 Å². The smallest absolute Gasteiger partial charge is 0.217 e. The van der Waals surface area contributed by atoms with E-state index in [0.29, 0.717) is 6.04 Å². The van der Waals surface area contributed by atoms with Crippen LogP contribution in [-0.4, -0.2) is 37.0 Å². The molecule has 0 aliphatic carbocycles. The highest BCUT2D eigenvalue weighted by molar-refractivity contribution is 5.73. The molecular formula is C12H24N2O. The van der Waals surface area contributed by atoms with Crippen LogP contribution < -0.4 is 5.32 Å². The summed E-state index contributed by atoms with van der Waals surface area (Å²) in [6, 6.07) is 0.364. The van der Waals surface area contributed by atoms with Gasteiger partial charge in [0.05, 0.1) is 0 Å². The zero-order valence-corrected chi connectivity index (χ0v) is 10.3. The van der Waals surface area contributed by atoms with Gasteiger partial charge in [0, 0.05) is 26.1 Å². The van der Waals surface area contributed by atoms with Gasteiger partial charge in [-0.25, -0.2) is 0 Å². The molecule has 0 bridgehead atoms. The van der Waals surface area contributed by atoms with Crippen LogP contribution in [0.2, 0.25) is 0 Å². The number of hydrogen-bond donors (Lipinski definition) is 1. The molecule has 2 atom stereocenters. The highest BCUT2D eigenvalue weighted by Crippen LogP contribution is 2.21. The highest BCUT2D eigenvalue weighted by Gasteiger charge is 2.24. The van der Waals surface area contributed by atoms with Gasteiger partial charge in [0.15, 0.2) is 0 Å². The van der Waals surface area contributed by atoms with E-state index in [1.807, 2.05) is 0 Å². The van der Waals surface area contributed by atoms with Gasteiger partial charge in [-0.2, -0.15) is 0 Å². The molecule has 1 rings (SSSR count). The second-order valence-electron chi connectivity index (χ2n) is 4.86. The number of nitrogens with zero attached hydrogens (tertiary/aromatic N) is 1. The molecule has 0 aromatic heterocycles. The lowest BCUT2D eigenvalue weighted by atomic mass is 9.90. The Morgan fingerprint density at radius 3 is 2.80 bits per heavy atom. The van der Waals surface area contributed by atoms with Gasteiger partial charge in [0.25, 0.3) is 0 Å². The summed E-state index contributed by atoms with van der Waals surface area (Å²) in [6.45, 7) is 6.03. The molecular weight excluding hydrogens is 188 g/mol. The molecule has 1 aliphatic heterocycles. The molecule has 1 fully saturated rings. The maximum atomic E-state index is 11.0. The first-order chi connectivity index (χ1) is 7.11. The Morgan fingerprint density at radius 2 is 2.20 bits per heavy atom. The van der Waals surface area contributed by atoms with Gasteiger partial charge in [-0.1, -0.05) is 19.8 Å². The highest BCUT2D eigenvalue weighted by atomic mass is 16.1. The summed E-state index contributed by atoms with van der Waals surface area (Å²) in [5, 5.41) is 3.04. The Balaban J connectivity index is 2.37. The number of rotatable bonds is 4. The Bertz CT molecular complexity index is 206. The molecule has 1 amide bonds. The molecule has 2 unspecified atom stereocenters. The summed E-state index contributed by atoms with van der Waals surface area (Å²) in [5.74, 6) is 0.866. The minimum absolute atomic E-state index is 0.101. The number of hydrogen-bond acceptors (Lipinski definition) is 2. The van der Waals surface area contributed by atoms with Gasteiger partial charge in [0.2, 0.25) is 5.91 Å². The molecule has 1 heterocycles. The summed E-state index contributed by atoms with van der Waals surface area (Å²) < 4.78 is 0. The van der Waals surface area contributed by atoms with E-state index in [1.54, 1.807) is 6.92 Å². The summed E-state index contributed by atoms with van der Waals surface area (Å²) in [4.78, 5) is 13.3. The topological polar surface area (TPSA) is 32.3 Å². The van der Waals surface area contributed by atoms with E-state index in [-0.39, 0.29) is 5.91 Å². The number of likely N-dealkylation sites (tertiary alicyclic amines) is 1. The molecule has 0 aromatic carbocycles. The third-order valence-corrected chi connectivity index (χ3v) is 3.09. The summed E-state index contributed by atoms with van der Waals surface area (Å²) in [6.07, 6.45) is 5.04. The van der Waals surface area contributed by atoms with Gasteiger partial charge in [0.1, 0.15) is 0 Å². The van der Waals surface area contributed by atoms with Crippen molar-refractivity contribution in [1.82, 2.24) is 10.2 Å². The van der Waals surface area contributed by atoms with Crippen molar-refractivity contribution in [1.29, 1.82) is 0 Å². The number of carbonyl (C=O) groups excluding carboxylic acids is 1. The Labute approximate surface area is 93.2 Å². The molecule has 88 valence electrons. The van der Waals surface area contributed by atoms with Crippen LogP contribution in [0.15, 0.2) is 0 Å². The Kier molecular flexibility index (Phi) is 5.09. The van der Waals surface area contributed by atoms with Gasteiger partial charge in [-0.3, -0.25) is 4.79 Å². The van der Waals surface area contributed by atoms with Crippen LogP contribution in [0.25, 0.3) is 0 Å². The predicted octanol–water partition coefficient (Wildman–Crippen LogP) is 1.63. The molecule has 0 radical (unpaired) electrons. The fourth-order valence-electron chi connectivity index (χ4n) is 2.54. The summed E-state index contributed by atoms with van der Waals surface area (Å²) in [5.41, 5.74) is 0. The minimum atomic E-state index is 0.101. The van der Waals surface area contributed by atoms with Crippen LogP contribution in [0.1, 0.15) is 39.5 Å². The lowest BCUT2D eigenvalue weighted by Crippen LogP contribution is -2.48. The van der Waals surface area contributed by atoms with Crippen LogP contribution in [0, 0.1) is 5.92 Å². The third-order valence-electron chi connectivity index (χ3n) is 3.09. The van der Waals surface area contributed by atoms with Crippen LogP contribution in [0.3, 0.4) is 0 Å². The quantitative estimate of drug-likeness (QED) is 0.768. The van der Waals surface area contributed by atoms with E-state index in [4.69, 9.17) is 0 Å². The monoisotopic (exact) mass is 212 g/mol. The number of carbonyl (C=O) groups is 1. The second-order valence-corrected chi connectivity index (χ2v) is 4.86. The van der Waals surface area contributed by atoms with Crippen molar-refractivity contribution in [2.75, 3.05) is 20.1 Å². The maximum Gasteiger partial charge on any atom is 0.217 e. The van der Waals surface area contributed by atoms with E-state index in [0.717, 1.165) is 18.9 Å². The van der Waals surface area contributed by atoms with Crippen molar-refractivity contribution in [3.8, 4) is 0 Å². The zero-order chi connectivity index (χ0) is 11.3. The SMILES string of the molecule is CCCCC1CC(NC(C)=O)CN(C)C1. The van der Waals surface area contributed by atoms with Crippen molar-refractivity contribution in [3.63, 3.8) is 0 Å². The van der Waals surface area contributed by atoms with Crippen LogP contribution in [0.5, 0.6) is 0 Å². The number of unbranched alkanes of at least 4 members (excludes halogenated alkanes) is 1. The molecule has 0 saturated carbocycles. The standard InChI is InChI=1S/C12H24N2O/c1-4-5-6-11-7-12(13-10(2)15)9-14(3)8-11/h11-12H,4-9H2,1-3H3,(H,13,15). The van der Waals surface area contributed by atoms with E-state index in [9.17, 15) is 4.79 Å². The fraction of sp³-hybridized carbons (Fsp3) is 0.917. The number of piperidine rings is 1. The average molecular weight is 212 g/mol. The molecule has 1 N–H and O–H groups in total. The molecule has 1 saturated heterocycles. The number of likely N-dealkylation sites (N-methyl/N-ethyl adjacent to an activating group) is 1. The average Bonchev–Trinajstić information content (AvgIpc) is 2.12. The lowest BCUT2D eigenvalue weighted by molar-refractivity contribution is -0.120. The number of nitrogens with one attached hydrogen (secondary N) is 1. The van der Waals surface area contributed by atoms with Crippen molar-refractivity contribution >= 4 is 5.91 Å². The predicted molar refractivity (Wildman–Crippen MR) is 62.7 cm³/mol. The van der Waals surface area contributed by atoms with E-state index >= 15 is 0 Å². The minimum Gasteiger partial charge on any atom is -0.352 e. The Hall–Kier alpha value is -0.570. The summed E-state index contributed by atoms with van der Waals surface area (Å²) in [7, 11) is 2.15. The zero-order valence-electron chi connectivity index (χ0n) is 10.3. The van der Waals surface area contributed by atoms with Crippen molar-refractivity contribution in [3.05, 3.63) is 0 Å². The maximum absolute atomic E-state index is 11.0. The normalized spacial score (nSPS) is 27.7. The molecule has 15 heavy (non-hydrogen) atoms. The first-order valence-electron chi connectivity index (χ1n) is 6.07. The molecule has 3 nitrogen and oxygen atoms in total. The van der Waals surface area contributed by atoms with Gasteiger partial charge >= 0.3 is 0 Å². The lowest BCUT2D eigenvalue weighted by Gasteiger charge is -2.36. The fourth-order valence-corrected chi connectivity index (χ4v) is 2.54. The first-order valence-corrected chi connectivity index (χ1v) is 6.07. The molecule has 0 spiro atoms. The largest absolute Gasteiger partial charge is 0.352 e. The number of amides is 1.